The average Bonchev–Trinajstić information content (AvgIpc) is 2.80. The van der Waals surface area contributed by atoms with Crippen LogP contribution in [-0.4, -0.2) is 108 Å². The highest BCUT2D eigenvalue weighted by Gasteiger charge is 2.38. The van der Waals surface area contributed by atoms with Crippen molar-refractivity contribution in [2.24, 2.45) is 0 Å². The summed E-state index contributed by atoms with van der Waals surface area (Å²) in [5.74, 6) is -5.14. The van der Waals surface area contributed by atoms with Crippen LogP contribution in [0.2, 0.25) is 0 Å². The van der Waals surface area contributed by atoms with Crippen molar-refractivity contribution in [1.29, 1.82) is 0 Å². The Morgan fingerprint density at radius 2 is 0.763 bits per heavy atom. The van der Waals surface area contributed by atoms with Crippen LogP contribution in [0.5, 0.6) is 0 Å². The molecule has 0 fully saturated rings. The van der Waals surface area contributed by atoms with E-state index in [9.17, 15) is 39.6 Å². The molecule has 2 rings (SSSR count). The smallest absolute Gasteiger partial charge is 0.317 e. The number of hydrogen-bond donors (Lipinski definition) is 4. The number of hydrogen-bond acceptors (Lipinski definition) is 8. The van der Waals surface area contributed by atoms with Crippen LogP contribution in [0.1, 0.15) is 23.2 Å². The maximum Gasteiger partial charge on any atom is 0.317 e. The number of carboxylic acids is 4. The van der Waals surface area contributed by atoms with Gasteiger partial charge >= 0.3 is 23.9 Å². The molecule has 0 amide bonds. The summed E-state index contributed by atoms with van der Waals surface area (Å²) in [6.45, 7) is -2.70. The Kier molecular flexibility index (Phi) is 10.6. The quantitative estimate of drug-likeness (QED) is 0.263. The van der Waals surface area contributed by atoms with Crippen LogP contribution in [0.25, 0.3) is 0 Å². The molecule has 2 aromatic rings. The van der Waals surface area contributed by atoms with E-state index in [1.807, 2.05) is 38.0 Å². The Morgan fingerprint density at radius 1 is 0.526 bits per heavy atom. The van der Waals surface area contributed by atoms with Gasteiger partial charge in [0.2, 0.25) is 0 Å². The molecule has 0 radical (unpaired) electrons. The predicted octanol–water partition coefficient (Wildman–Crippen LogP) is 1.54. The van der Waals surface area contributed by atoms with E-state index in [0.29, 0.717) is 11.1 Å². The van der Waals surface area contributed by atoms with Gasteiger partial charge in [0.15, 0.2) is 0 Å². The Bertz CT molecular complexity index is 998. The predicted molar refractivity (Wildman–Crippen MR) is 141 cm³/mol. The van der Waals surface area contributed by atoms with Crippen molar-refractivity contribution >= 4 is 35.3 Å². The van der Waals surface area contributed by atoms with Gasteiger partial charge in [-0.3, -0.25) is 29.0 Å². The lowest BCUT2D eigenvalue weighted by Gasteiger charge is -2.41. The zero-order valence-corrected chi connectivity index (χ0v) is 21.8. The van der Waals surface area contributed by atoms with E-state index >= 15 is 0 Å². The van der Waals surface area contributed by atoms with Gasteiger partial charge in [0.05, 0.1) is 38.3 Å². The minimum Gasteiger partial charge on any atom is -0.480 e. The summed E-state index contributed by atoms with van der Waals surface area (Å²) in [7, 11) is 7.35. The van der Waals surface area contributed by atoms with Gasteiger partial charge in [0.1, 0.15) is 0 Å². The topological polar surface area (TPSA) is 162 Å². The lowest BCUT2D eigenvalue weighted by Crippen LogP contribution is -2.47. The van der Waals surface area contributed by atoms with Gasteiger partial charge in [0.25, 0.3) is 0 Å². The molecule has 0 saturated heterocycles. The van der Waals surface area contributed by atoms with Crippen LogP contribution in [0.15, 0.2) is 48.5 Å². The second kappa shape index (κ2) is 13.4. The molecule has 0 aliphatic carbocycles. The van der Waals surface area contributed by atoms with Gasteiger partial charge in [-0.2, -0.15) is 0 Å². The van der Waals surface area contributed by atoms with E-state index in [0.717, 1.165) is 11.4 Å². The first-order valence-electron chi connectivity index (χ1n) is 11.7. The Hall–Kier alpha value is -4.16. The van der Waals surface area contributed by atoms with E-state index in [-0.39, 0.29) is 0 Å². The molecular weight excluding hydrogens is 496 g/mol. The summed E-state index contributed by atoms with van der Waals surface area (Å²) in [6, 6.07) is 11.9. The van der Waals surface area contributed by atoms with E-state index in [1.165, 1.54) is 9.80 Å². The molecule has 0 heterocycles. The molecule has 38 heavy (non-hydrogen) atoms. The van der Waals surface area contributed by atoms with Gasteiger partial charge in [0, 0.05) is 39.6 Å². The molecule has 12 heteroatoms. The van der Waals surface area contributed by atoms with E-state index in [4.69, 9.17) is 0 Å². The first kappa shape index (κ1) is 30.1. The molecule has 0 saturated carbocycles. The van der Waals surface area contributed by atoms with Gasteiger partial charge in [-0.15, -0.1) is 0 Å². The first-order chi connectivity index (χ1) is 17.8. The van der Waals surface area contributed by atoms with Crippen molar-refractivity contribution in [3.05, 3.63) is 59.7 Å². The van der Waals surface area contributed by atoms with Crippen LogP contribution >= 0.6 is 0 Å². The molecule has 0 aliphatic heterocycles. The second-order valence-corrected chi connectivity index (χ2v) is 9.25. The molecule has 12 nitrogen and oxygen atoms in total. The molecular formula is C26H34N4O8. The Balaban J connectivity index is 2.85. The maximum absolute atomic E-state index is 11.8. The van der Waals surface area contributed by atoms with Crippen molar-refractivity contribution in [1.82, 2.24) is 9.80 Å². The lowest BCUT2D eigenvalue weighted by atomic mass is 9.89. The third-order valence-electron chi connectivity index (χ3n) is 5.94. The Morgan fingerprint density at radius 3 is 0.947 bits per heavy atom. The van der Waals surface area contributed by atoms with E-state index in [2.05, 4.69) is 0 Å². The molecule has 0 aromatic heterocycles. The second-order valence-electron chi connectivity index (χ2n) is 9.25. The fourth-order valence-corrected chi connectivity index (χ4v) is 4.33. The monoisotopic (exact) mass is 530 g/mol. The number of anilines is 2. The highest BCUT2D eigenvalue weighted by molar-refractivity contribution is 5.74. The molecule has 2 aromatic carbocycles. The number of rotatable bonds is 15. The van der Waals surface area contributed by atoms with Gasteiger partial charge in [-0.25, -0.2) is 0 Å². The summed E-state index contributed by atoms with van der Waals surface area (Å²) in [5, 5.41) is 38.6. The van der Waals surface area contributed by atoms with Gasteiger partial charge in [-0.1, -0.05) is 24.3 Å². The van der Waals surface area contributed by atoms with Crippen LogP contribution in [0.4, 0.5) is 11.4 Å². The summed E-state index contributed by atoms with van der Waals surface area (Å²) in [4.78, 5) is 53.4. The Labute approximate surface area is 220 Å². The molecule has 206 valence electrons. The van der Waals surface area contributed by atoms with Crippen LogP contribution < -0.4 is 9.80 Å². The number of carbonyl (C=O) groups is 4. The van der Waals surface area contributed by atoms with Crippen LogP contribution in [0, 0.1) is 0 Å². The number of carboxylic acid groups (broad SMARTS) is 4. The van der Waals surface area contributed by atoms with Gasteiger partial charge in [-0.05, 0) is 35.4 Å². The highest BCUT2D eigenvalue weighted by Crippen LogP contribution is 2.39. The molecule has 0 spiro atoms. The summed E-state index contributed by atoms with van der Waals surface area (Å²) < 4.78 is 0. The number of benzene rings is 2. The third-order valence-corrected chi connectivity index (χ3v) is 5.94. The number of aliphatic carboxylic acids is 4. The zero-order valence-electron chi connectivity index (χ0n) is 21.8. The number of nitrogens with zero attached hydrogens (tertiary/aromatic N) is 4. The fraction of sp³-hybridized carbons (Fsp3) is 0.385. The SMILES string of the molecule is CN(C)c1ccc([C@H]([C@@H](c2ccc(N(C)C)cc2)N(CC(=O)O)CC(=O)O)N(CC(=O)O)CC(=O)O)cc1. The van der Waals surface area contributed by atoms with Crippen molar-refractivity contribution < 1.29 is 39.6 Å². The van der Waals surface area contributed by atoms with E-state index < -0.39 is 62.1 Å². The summed E-state index contributed by atoms with van der Waals surface area (Å²) in [5.41, 5.74) is 2.66. The van der Waals surface area contributed by atoms with Crippen LogP contribution in [0.3, 0.4) is 0 Å². The molecule has 4 N–H and O–H groups in total. The normalized spacial score (nSPS) is 12.7. The zero-order chi connectivity index (χ0) is 28.6. The average molecular weight is 531 g/mol. The minimum absolute atomic E-state index is 0.501. The lowest BCUT2D eigenvalue weighted by molar-refractivity contribution is -0.148. The van der Waals surface area contributed by atoms with Crippen molar-refractivity contribution in [2.45, 2.75) is 12.1 Å². The van der Waals surface area contributed by atoms with Crippen molar-refractivity contribution in [2.75, 3.05) is 64.2 Å². The van der Waals surface area contributed by atoms with Crippen molar-refractivity contribution in [3.8, 4) is 0 Å². The summed E-state index contributed by atoms with van der Waals surface area (Å²) >= 11 is 0. The minimum atomic E-state index is -1.29. The van der Waals surface area contributed by atoms with Crippen molar-refractivity contribution in [3.63, 3.8) is 0 Å². The summed E-state index contributed by atoms with van der Waals surface area (Å²) in [6.07, 6.45) is 0. The third kappa shape index (κ3) is 8.46. The van der Waals surface area contributed by atoms with E-state index in [1.54, 1.807) is 48.5 Å². The molecule has 2 atom stereocenters. The maximum atomic E-state index is 11.8. The molecule has 0 unspecified atom stereocenters. The van der Waals surface area contributed by atoms with Crippen LogP contribution in [-0.2, 0) is 19.2 Å². The first-order valence-corrected chi connectivity index (χ1v) is 11.7. The largest absolute Gasteiger partial charge is 0.480 e. The molecule has 0 aliphatic rings. The molecule has 0 bridgehead atoms. The van der Waals surface area contributed by atoms with Gasteiger partial charge < -0.3 is 30.2 Å². The fourth-order valence-electron chi connectivity index (χ4n) is 4.33. The standard InChI is InChI=1S/C26H34N4O8/c1-27(2)19-9-5-17(6-10-19)25(29(13-21(31)32)14-22(33)34)26(30(15-23(35)36)16-24(37)38)18-7-11-20(12-8-18)28(3)4/h5-12,25-26H,13-16H2,1-4H3,(H,31,32)(H,33,34)(H,35,36)(H,37,38)/t25-,26-/m1/s1. The highest BCUT2D eigenvalue weighted by atomic mass is 16.4.